The summed E-state index contributed by atoms with van der Waals surface area (Å²) >= 11 is 3.28. The van der Waals surface area contributed by atoms with E-state index in [2.05, 4.69) is 50.7 Å². The van der Waals surface area contributed by atoms with Crippen molar-refractivity contribution in [3.8, 4) is 10.4 Å². The van der Waals surface area contributed by atoms with Crippen LogP contribution in [0.5, 0.6) is 0 Å². The molecule has 1 N–H and O–H groups in total. The number of piperidine rings is 1. The van der Waals surface area contributed by atoms with E-state index in [1.165, 1.54) is 4.90 Å². The molecule has 0 radical (unpaired) electrons. The first kappa shape index (κ1) is 23.8. The van der Waals surface area contributed by atoms with E-state index in [4.69, 9.17) is 0 Å². The number of amides is 1. The second-order valence-electron chi connectivity index (χ2n) is 8.84. The van der Waals surface area contributed by atoms with Crippen LogP contribution >= 0.6 is 23.1 Å². The summed E-state index contributed by atoms with van der Waals surface area (Å²) in [6, 6.07) is 15.6. The van der Waals surface area contributed by atoms with Gasteiger partial charge in [0.2, 0.25) is 5.91 Å². The smallest absolute Gasteiger partial charge is 0.225 e. The Kier molecular flexibility index (Phi) is 7.02. The number of carbonyl (C=O) groups excluding carboxylic acids is 1. The van der Waals surface area contributed by atoms with Gasteiger partial charge in [-0.1, -0.05) is 24.3 Å². The predicted molar refractivity (Wildman–Crippen MR) is 143 cm³/mol. The number of anilines is 1. The van der Waals surface area contributed by atoms with E-state index in [9.17, 15) is 9.18 Å². The van der Waals surface area contributed by atoms with Crippen molar-refractivity contribution in [2.75, 3.05) is 24.2 Å². The topological polar surface area (TPSA) is 58.1 Å². The molecule has 2 aromatic heterocycles. The van der Waals surface area contributed by atoms with Gasteiger partial charge in [-0.3, -0.25) is 4.79 Å². The second-order valence-corrected chi connectivity index (χ2v) is 10.8. The minimum atomic E-state index is -0.212. The third-order valence-corrected chi connectivity index (χ3v) is 8.38. The summed E-state index contributed by atoms with van der Waals surface area (Å²) in [5, 5.41) is 3.11. The van der Waals surface area contributed by atoms with Crippen LogP contribution in [-0.2, 0) is 11.3 Å². The van der Waals surface area contributed by atoms with Gasteiger partial charge >= 0.3 is 0 Å². The van der Waals surface area contributed by atoms with Crippen LogP contribution in [0.2, 0.25) is 0 Å². The summed E-state index contributed by atoms with van der Waals surface area (Å²) in [6.07, 6.45) is 5.41. The van der Waals surface area contributed by atoms with E-state index in [0.717, 1.165) is 51.4 Å². The number of halogens is 1. The van der Waals surface area contributed by atoms with E-state index in [1.807, 2.05) is 12.1 Å². The molecule has 4 aromatic rings. The highest BCUT2D eigenvalue weighted by Gasteiger charge is 2.28. The highest BCUT2D eigenvalue weighted by molar-refractivity contribution is 7.98. The molecule has 3 heterocycles. The molecule has 1 fully saturated rings. The van der Waals surface area contributed by atoms with Gasteiger partial charge in [-0.2, -0.15) is 0 Å². The minimum absolute atomic E-state index is 0.0796. The van der Waals surface area contributed by atoms with Gasteiger partial charge in [-0.25, -0.2) is 14.4 Å². The van der Waals surface area contributed by atoms with E-state index in [-0.39, 0.29) is 17.6 Å². The SMILES string of the molecule is CSc1ccc(CNC(=O)[C@H]2CCCN(c3ncnc4cc(-c5ccc(C)c(F)c5)sc34)C2)cc1. The van der Waals surface area contributed by atoms with Crippen molar-refractivity contribution >= 4 is 45.0 Å². The first-order chi connectivity index (χ1) is 17.0. The summed E-state index contributed by atoms with van der Waals surface area (Å²) in [5.41, 5.74) is 3.41. The first-order valence-corrected chi connectivity index (χ1v) is 13.7. The molecule has 0 spiro atoms. The summed E-state index contributed by atoms with van der Waals surface area (Å²) in [6.45, 7) is 3.76. The maximum Gasteiger partial charge on any atom is 0.225 e. The van der Waals surface area contributed by atoms with Crippen LogP contribution in [0.15, 0.2) is 59.8 Å². The Morgan fingerprint density at radius 1 is 1.20 bits per heavy atom. The fourth-order valence-electron chi connectivity index (χ4n) is 4.42. The van der Waals surface area contributed by atoms with Crippen molar-refractivity contribution in [2.24, 2.45) is 5.92 Å². The minimum Gasteiger partial charge on any atom is -0.355 e. The lowest BCUT2D eigenvalue weighted by Gasteiger charge is -2.33. The number of hydrogen-bond acceptors (Lipinski definition) is 6. The molecule has 180 valence electrons. The molecule has 1 aliphatic heterocycles. The molecule has 1 aliphatic rings. The normalized spacial score (nSPS) is 16.0. The highest BCUT2D eigenvalue weighted by Crippen LogP contribution is 2.38. The van der Waals surface area contributed by atoms with Crippen molar-refractivity contribution in [3.63, 3.8) is 0 Å². The Labute approximate surface area is 212 Å². The van der Waals surface area contributed by atoms with Gasteiger partial charge in [-0.15, -0.1) is 23.1 Å². The maximum atomic E-state index is 14.1. The number of benzene rings is 2. The number of thioether (sulfide) groups is 1. The zero-order chi connectivity index (χ0) is 24.4. The number of nitrogens with zero attached hydrogens (tertiary/aromatic N) is 3. The Bertz CT molecular complexity index is 1360. The lowest BCUT2D eigenvalue weighted by molar-refractivity contribution is -0.125. The maximum absolute atomic E-state index is 14.1. The largest absolute Gasteiger partial charge is 0.355 e. The lowest BCUT2D eigenvalue weighted by Crippen LogP contribution is -2.43. The van der Waals surface area contributed by atoms with Crippen LogP contribution in [0, 0.1) is 18.7 Å². The predicted octanol–water partition coefficient (Wildman–Crippen LogP) is 6.06. The summed E-state index contributed by atoms with van der Waals surface area (Å²) in [7, 11) is 0. The molecule has 0 saturated carbocycles. The van der Waals surface area contributed by atoms with Crippen LogP contribution in [0.25, 0.3) is 20.7 Å². The van der Waals surface area contributed by atoms with Crippen LogP contribution in [0.4, 0.5) is 10.2 Å². The van der Waals surface area contributed by atoms with Crippen LogP contribution in [0.3, 0.4) is 0 Å². The lowest BCUT2D eigenvalue weighted by atomic mass is 9.97. The third-order valence-electron chi connectivity index (χ3n) is 6.47. The van der Waals surface area contributed by atoms with Gasteiger partial charge < -0.3 is 10.2 Å². The van der Waals surface area contributed by atoms with Crippen molar-refractivity contribution in [2.45, 2.75) is 31.2 Å². The third kappa shape index (κ3) is 5.18. The molecule has 1 atom stereocenters. The van der Waals surface area contributed by atoms with Crippen molar-refractivity contribution in [3.05, 3.63) is 71.8 Å². The molecule has 0 bridgehead atoms. The molecular formula is C27H27FN4OS2. The highest BCUT2D eigenvalue weighted by atomic mass is 32.2. The summed E-state index contributed by atoms with van der Waals surface area (Å²) in [4.78, 5) is 26.4. The standard InChI is InChI=1S/C27H27FN4OS2/c1-17-5-8-19(12-22(17)28)24-13-23-25(35-24)26(31-16-30-23)32-11-3-4-20(15-32)27(33)29-14-18-6-9-21(34-2)10-7-18/h5-10,12-13,16,20H,3-4,11,14-15H2,1-2H3,(H,29,33)/t20-/m0/s1. The Hall–Kier alpha value is -2.97. The quantitative estimate of drug-likeness (QED) is 0.322. The Morgan fingerprint density at radius 3 is 2.80 bits per heavy atom. The summed E-state index contributed by atoms with van der Waals surface area (Å²) in [5.74, 6) is 0.626. The van der Waals surface area contributed by atoms with E-state index >= 15 is 0 Å². The van der Waals surface area contributed by atoms with Gasteiger partial charge in [0.05, 0.1) is 16.1 Å². The van der Waals surface area contributed by atoms with Gasteiger partial charge in [0.25, 0.3) is 0 Å². The van der Waals surface area contributed by atoms with Crippen LogP contribution in [-0.4, -0.2) is 35.2 Å². The zero-order valence-corrected chi connectivity index (χ0v) is 21.4. The monoisotopic (exact) mass is 506 g/mol. The number of aromatic nitrogens is 2. The number of thiophene rings is 1. The first-order valence-electron chi connectivity index (χ1n) is 11.7. The van der Waals surface area contributed by atoms with Crippen molar-refractivity contribution in [1.29, 1.82) is 0 Å². The number of carbonyl (C=O) groups is 1. The molecule has 2 aromatic carbocycles. The van der Waals surface area contributed by atoms with Crippen LogP contribution in [0.1, 0.15) is 24.0 Å². The number of rotatable bonds is 6. The number of fused-ring (bicyclic) bond motifs is 1. The molecular weight excluding hydrogens is 479 g/mol. The van der Waals surface area contributed by atoms with Crippen molar-refractivity contribution < 1.29 is 9.18 Å². The molecule has 8 heteroatoms. The van der Waals surface area contributed by atoms with Gasteiger partial charge in [0.15, 0.2) is 0 Å². The van der Waals surface area contributed by atoms with Gasteiger partial charge in [-0.05, 0) is 67.0 Å². The van der Waals surface area contributed by atoms with E-state index in [0.29, 0.717) is 18.7 Å². The molecule has 5 rings (SSSR count). The molecule has 0 unspecified atom stereocenters. The fraction of sp³-hybridized carbons (Fsp3) is 0.296. The molecule has 35 heavy (non-hydrogen) atoms. The van der Waals surface area contributed by atoms with E-state index in [1.54, 1.807) is 48.5 Å². The Balaban J connectivity index is 1.31. The molecule has 1 saturated heterocycles. The van der Waals surface area contributed by atoms with Gasteiger partial charge in [0, 0.05) is 29.4 Å². The molecule has 1 amide bonds. The van der Waals surface area contributed by atoms with Crippen molar-refractivity contribution in [1.82, 2.24) is 15.3 Å². The summed E-state index contributed by atoms with van der Waals surface area (Å²) < 4.78 is 15.1. The number of aryl methyl sites for hydroxylation is 1. The van der Waals surface area contributed by atoms with E-state index < -0.39 is 0 Å². The molecule has 5 nitrogen and oxygen atoms in total. The fourth-order valence-corrected chi connectivity index (χ4v) is 5.95. The van der Waals surface area contributed by atoms with Crippen LogP contribution < -0.4 is 10.2 Å². The zero-order valence-electron chi connectivity index (χ0n) is 19.8. The average molecular weight is 507 g/mol. The second kappa shape index (κ2) is 10.3. The number of nitrogens with one attached hydrogen (secondary N) is 1. The average Bonchev–Trinajstić information content (AvgIpc) is 3.34. The Morgan fingerprint density at radius 2 is 2.03 bits per heavy atom. The molecule has 0 aliphatic carbocycles. The number of hydrogen-bond donors (Lipinski definition) is 1. The van der Waals surface area contributed by atoms with Gasteiger partial charge in [0.1, 0.15) is 18.0 Å².